The molecule has 0 aromatic carbocycles. The molecule has 1 rings (SSSR count). The second-order valence-corrected chi connectivity index (χ2v) is 20.4. The molecule has 0 radical (unpaired) electrons. The standard InChI is InChI=1S/C68H111NO8/c1-3-5-7-9-11-13-15-17-18-19-20-21-22-23-24-25-26-27-28-29-30-31-32-33-34-35-36-37-38-39-40-41-42-43-44-46-48-50-52-54-56-58-64(72)69-61(60-76-68-67(75)66(74)65(73)63(59-70)77-68)62(71)57-55-53-51-49-47-45-16-14-12-10-8-6-4-2/h5,7,11,13,17-18,20-21,23-24,26-27,29-30,32-33,35-36,38-39,47,49,55,57,61-63,65-68,70-71,73-75H,3-4,6,8-10,12,14-16,19,22,25,28,31,34,37,40-46,48,50-54,56,58-60H2,1-2H3,(H,69,72)/b7-5-,13-11-,18-17-,21-20-,24-23-,27-26-,30-29-,33-32-,36-35-,39-38-,49-47+,57-55+. The van der Waals surface area contributed by atoms with Crippen LogP contribution in [-0.4, -0.2) is 87.5 Å². The summed E-state index contributed by atoms with van der Waals surface area (Å²) in [6.07, 6.45) is 79.3. The van der Waals surface area contributed by atoms with Crippen molar-refractivity contribution in [1.29, 1.82) is 0 Å². The van der Waals surface area contributed by atoms with E-state index in [2.05, 4.69) is 153 Å². The summed E-state index contributed by atoms with van der Waals surface area (Å²) in [7, 11) is 0. The lowest BCUT2D eigenvalue weighted by Crippen LogP contribution is -2.60. The lowest BCUT2D eigenvalue weighted by Gasteiger charge is -2.40. The largest absolute Gasteiger partial charge is 0.394 e. The Balaban J connectivity index is 2.14. The number of carbonyl (C=O) groups is 1. The van der Waals surface area contributed by atoms with Gasteiger partial charge in [-0.05, 0) is 109 Å². The summed E-state index contributed by atoms with van der Waals surface area (Å²) in [6, 6.07) is -0.833. The number of unbranched alkanes of at least 4 members (excludes halogenated alkanes) is 18. The molecular weight excluding hydrogens is 959 g/mol. The molecule has 1 saturated heterocycles. The quantitative estimate of drug-likeness (QED) is 0.0261. The number of carbonyl (C=O) groups excluding carboxylic acids is 1. The van der Waals surface area contributed by atoms with Crippen molar-refractivity contribution in [3.63, 3.8) is 0 Å². The van der Waals surface area contributed by atoms with E-state index < -0.39 is 49.5 Å². The molecular formula is C68H111NO8. The Hall–Kier alpha value is -3.93. The van der Waals surface area contributed by atoms with Gasteiger partial charge in [-0.2, -0.15) is 0 Å². The zero-order valence-electron chi connectivity index (χ0n) is 48.4. The van der Waals surface area contributed by atoms with Crippen LogP contribution in [0.5, 0.6) is 0 Å². The van der Waals surface area contributed by atoms with Crippen LogP contribution in [0.3, 0.4) is 0 Å². The van der Waals surface area contributed by atoms with Gasteiger partial charge in [-0.3, -0.25) is 4.79 Å². The molecule has 1 fully saturated rings. The van der Waals surface area contributed by atoms with Gasteiger partial charge in [0.1, 0.15) is 24.4 Å². The van der Waals surface area contributed by atoms with E-state index in [4.69, 9.17) is 9.47 Å². The summed E-state index contributed by atoms with van der Waals surface area (Å²) in [5.74, 6) is -0.198. The molecule has 7 unspecified atom stereocenters. The molecule has 6 N–H and O–H groups in total. The third kappa shape index (κ3) is 44.6. The molecule has 1 aliphatic rings. The summed E-state index contributed by atoms with van der Waals surface area (Å²) in [6.45, 7) is 3.62. The zero-order valence-corrected chi connectivity index (χ0v) is 48.4. The van der Waals surface area contributed by atoms with Gasteiger partial charge >= 0.3 is 0 Å². The predicted molar refractivity (Wildman–Crippen MR) is 326 cm³/mol. The maximum Gasteiger partial charge on any atom is 0.220 e. The first-order chi connectivity index (χ1) is 37.8. The van der Waals surface area contributed by atoms with Crippen LogP contribution in [0.4, 0.5) is 0 Å². The number of hydrogen-bond donors (Lipinski definition) is 6. The van der Waals surface area contributed by atoms with Crippen LogP contribution in [0.25, 0.3) is 0 Å². The Morgan fingerprint density at radius 2 is 0.818 bits per heavy atom. The van der Waals surface area contributed by atoms with Gasteiger partial charge in [-0.1, -0.05) is 250 Å². The van der Waals surface area contributed by atoms with E-state index in [9.17, 15) is 30.3 Å². The van der Waals surface area contributed by atoms with Crippen molar-refractivity contribution < 1.29 is 39.8 Å². The lowest BCUT2D eigenvalue weighted by molar-refractivity contribution is -0.302. The molecule has 0 saturated carbocycles. The summed E-state index contributed by atoms with van der Waals surface area (Å²) in [5.41, 5.74) is 0. The molecule has 1 amide bonds. The van der Waals surface area contributed by atoms with E-state index in [-0.39, 0.29) is 12.5 Å². The van der Waals surface area contributed by atoms with Crippen LogP contribution in [0.2, 0.25) is 0 Å². The maximum absolute atomic E-state index is 13.0. The summed E-state index contributed by atoms with van der Waals surface area (Å²) >= 11 is 0. The van der Waals surface area contributed by atoms with Gasteiger partial charge in [0.2, 0.25) is 5.91 Å². The Morgan fingerprint density at radius 1 is 0.455 bits per heavy atom. The van der Waals surface area contributed by atoms with Crippen LogP contribution >= 0.6 is 0 Å². The number of ether oxygens (including phenoxy) is 2. The van der Waals surface area contributed by atoms with Gasteiger partial charge in [-0.15, -0.1) is 0 Å². The molecule has 1 heterocycles. The number of rotatable bonds is 50. The highest BCUT2D eigenvalue weighted by Gasteiger charge is 2.44. The Labute approximate surface area is 470 Å². The van der Waals surface area contributed by atoms with Crippen molar-refractivity contribution >= 4 is 5.91 Å². The first kappa shape index (κ1) is 71.1. The van der Waals surface area contributed by atoms with Gasteiger partial charge in [0, 0.05) is 6.42 Å². The minimum absolute atomic E-state index is 0.198. The Bertz CT molecular complexity index is 1720. The molecule has 0 spiro atoms. The van der Waals surface area contributed by atoms with Gasteiger partial charge in [-0.25, -0.2) is 0 Å². The van der Waals surface area contributed by atoms with Crippen molar-refractivity contribution in [2.45, 2.75) is 262 Å². The zero-order chi connectivity index (χ0) is 55.8. The molecule has 0 aromatic heterocycles. The number of amides is 1. The molecule has 7 atom stereocenters. The van der Waals surface area contributed by atoms with Crippen LogP contribution in [-0.2, 0) is 14.3 Å². The van der Waals surface area contributed by atoms with E-state index >= 15 is 0 Å². The number of nitrogens with one attached hydrogen (secondary N) is 1. The highest BCUT2D eigenvalue weighted by Crippen LogP contribution is 2.23. The average Bonchev–Trinajstić information content (AvgIpc) is 3.43. The second-order valence-electron chi connectivity index (χ2n) is 20.4. The van der Waals surface area contributed by atoms with Crippen molar-refractivity contribution in [3.8, 4) is 0 Å². The lowest BCUT2D eigenvalue weighted by atomic mass is 9.99. The van der Waals surface area contributed by atoms with E-state index in [0.717, 1.165) is 116 Å². The molecule has 9 heteroatoms. The topological polar surface area (TPSA) is 149 Å². The third-order valence-electron chi connectivity index (χ3n) is 13.4. The Kier molecular flexibility index (Phi) is 51.1. The number of hydrogen-bond acceptors (Lipinski definition) is 8. The first-order valence-electron chi connectivity index (χ1n) is 30.6. The number of aliphatic hydroxyl groups excluding tert-OH is 5. The molecule has 0 aromatic rings. The number of allylic oxidation sites excluding steroid dienone is 23. The summed E-state index contributed by atoms with van der Waals surface area (Å²) in [5, 5.41) is 54.4. The van der Waals surface area contributed by atoms with Gasteiger partial charge < -0.3 is 40.3 Å². The first-order valence-corrected chi connectivity index (χ1v) is 30.6. The van der Waals surface area contributed by atoms with Crippen LogP contribution in [0.1, 0.15) is 219 Å². The van der Waals surface area contributed by atoms with Crippen molar-refractivity contribution in [2.24, 2.45) is 0 Å². The molecule has 9 nitrogen and oxygen atoms in total. The maximum atomic E-state index is 13.0. The normalized spacial score (nSPS) is 19.8. The van der Waals surface area contributed by atoms with E-state index in [1.165, 1.54) is 83.5 Å². The fourth-order valence-electron chi connectivity index (χ4n) is 8.61. The minimum Gasteiger partial charge on any atom is -0.394 e. The average molecular weight is 1070 g/mol. The number of aliphatic hydroxyl groups is 5. The molecule has 0 bridgehead atoms. The Morgan fingerprint density at radius 3 is 1.25 bits per heavy atom. The molecule has 77 heavy (non-hydrogen) atoms. The van der Waals surface area contributed by atoms with Crippen LogP contribution in [0.15, 0.2) is 146 Å². The monoisotopic (exact) mass is 1070 g/mol. The van der Waals surface area contributed by atoms with Gasteiger partial charge in [0.25, 0.3) is 0 Å². The van der Waals surface area contributed by atoms with Crippen LogP contribution < -0.4 is 5.32 Å². The SMILES string of the molecule is CC/C=C\C/C=C\C/C=C\C/C=C\C/C=C\C/C=C\C/C=C\C/C=C\C/C=C\C/C=C\CCCCCCCCCCCCC(=O)NC(COC1OC(CO)C(O)C(O)C1O)C(O)/C=C/CC/C=C/CCCCCCCCC. The van der Waals surface area contributed by atoms with Gasteiger partial charge in [0.15, 0.2) is 6.29 Å². The molecule has 436 valence electrons. The van der Waals surface area contributed by atoms with Crippen molar-refractivity contribution in [3.05, 3.63) is 146 Å². The highest BCUT2D eigenvalue weighted by molar-refractivity contribution is 5.76. The van der Waals surface area contributed by atoms with Crippen LogP contribution in [0, 0.1) is 0 Å². The van der Waals surface area contributed by atoms with E-state index in [0.29, 0.717) is 6.42 Å². The van der Waals surface area contributed by atoms with E-state index in [1.807, 2.05) is 6.08 Å². The molecule has 0 aliphatic carbocycles. The summed E-state index contributed by atoms with van der Waals surface area (Å²) < 4.78 is 11.2. The minimum atomic E-state index is -1.58. The smallest absolute Gasteiger partial charge is 0.220 e. The van der Waals surface area contributed by atoms with E-state index in [1.54, 1.807) is 6.08 Å². The highest BCUT2D eigenvalue weighted by atomic mass is 16.7. The van der Waals surface area contributed by atoms with Crippen molar-refractivity contribution in [2.75, 3.05) is 13.2 Å². The third-order valence-corrected chi connectivity index (χ3v) is 13.4. The predicted octanol–water partition coefficient (Wildman–Crippen LogP) is 15.8. The van der Waals surface area contributed by atoms with Crippen molar-refractivity contribution in [1.82, 2.24) is 5.32 Å². The fourth-order valence-corrected chi connectivity index (χ4v) is 8.61. The molecule has 1 aliphatic heterocycles. The second kappa shape index (κ2) is 55.4. The summed E-state index contributed by atoms with van der Waals surface area (Å²) in [4.78, 5) is 13.0. The van der Waals surface area contributed by atoms with Gasteiger partial charge in [0.05, 0.1) is 25.4 Å². The fraction of sp³-hybridized carbons (Fsp3) is 0.632.